The van der Waals surface area contributed by atoms with Gasteiger partial charge in [-0.25, -0.2) is 13.4 Å². The lowest BCUT2D eigenvalue weighted by atomic mass is 9.70. The van der Waals surface area contributed by atoms with Gasteiger partial charge in [0.05, 0.1) is 21.8 Å². The van der Waals surface area contributed by atoms with Gasteiger partial charge in [-0.2, -0.15) is 0 Å². The number of hydrogen-bond acceptors (Lipinski definition) is 6. The first-order valence-electron chi connectivity index (χ1n) is 14.4. The summed E-state index contributed by atoms with van der Waals surface area (Å²) < 4.78 is 25.8. The van der Waals surface area contributed by atoms with Gasteiger partial charge in [0.25, 0.3) is 0 Å². The van der Waals surface area contributed by atoms with Crippen molar-refractivity contribution >= 4 is 26.6 Å². The van der Waals surface area contributed by atoms with E-state index in [1.54, 1.807) is 12.1 Å². The van der Waals surface area contributed by atoms with Gasteiger partial charge in [-0.3, -0.25) is 9.88 Å². The predicted octanol–water partition coefficient (Wildman–Crippen LogP) is 5.47. The standard InChI is InChI=1S/C32H37N5O2S/c1-22-30-29(35(2)31(34-30)24-9-13-27(14-10-24)40(3,38)39)19-28(33-22)23-7-11-26(12-8-23)36-17-15-32(16-18-36)20-37(21-32)25-5-4-6-25/h7-14,19,25H,4-6,15-18,20-21H2,1-3H3. The molecule has 7 nitrogen and oxygen atoms in total. The minimum atomic E-state index is -3.24. The highest BCUT2D eigenvalue weighted by Crippen LogP contribution is 2.45. The number of benzene rings is 2. The molecule has 0 bridgehead atoms. The van der Waals surface area contributed by atoms with E-state index >= 15 is 0 Å². The van der Waals surface area contributed by atoms with Crippen LogP contribution in [0.1, 0.15) is 37.8 Å². The number of piperidine rings is 1. The number of fused-ring (bicyclic) bond motifs is 1. The van der Waals surface area contributed by atoms with Crippen LogP contribution >= 0.6 is 0 Å². The van der Waals surface area contributed by atoms with E-state index in [1.165, 1.54) is 57.1 Å². The van der Waals surface area contributed by atoms with Gasteiger partial charge < -0.3 is 9.47 Å². The number of imidazole rings is 1. The zero-order chi connectivity index (χ0) is 27.6. The van der Waals surface area contributed by atoms with Gasteiger partial charge in [0.1, 0.15) is 11.3 Å². The van der Waals surface area contributed by atoms with Crippen LogP contribution in [0, 0.1) is 12.3 Å². The molecule has 208 valence electrons. The summed E-state index contributed by atoms with van der Waals surface area (Å²) in [6.45, 7) is 6.92. The van der Waals surface area contributed by atoms with Crippen molar-refractivity contribution in [1.82, 2.24) is 19.4 Å². The number of rotatable bonds is 5. The third kappa shape index (κ3) is 4.41. The Kier molecular flexibility index (Phi) is 6.05. The van der Waals surface area contributed by atoms with Crippen molar-refractivity contribution in [1.29, 1.82) is 0 Å². The van der Waals surface area contributed by atoms with E-state index in [4.69, 9.17) is 9.97 Å². The molecule has 4 aromatic rings. The maximum atomic E-state index is 11.9. The number of aryl methyl sites for hydroxylation is 2. The van der Waals surface area contributed by atoms with Gasteiger partial charge in [-0.1, -0.05) is 18.6 Å². The van der Waals surface area contributed by atoms with Crippen LogP contribution < -0.4 is 4.90 Å². The minimum absolute atomic E-state index is 0.307. The van der Waals surface area contributed by atoms with Crippen molar-refractivity contribution < 1.29 is 8.42 Å². The normalized spacial score (nSPS) is 19.6. The molecular formula is C32H37N5O2S. The highest BCUT2D eigenvalue weighted by Gasteiger charge is 2.47. The fourth-order valence-electron chi connectivity index (χ4n) is 6.82. The number of sulfone groups is 1. The molecule has 1 saturated carbocycles. The minimum Gasteiger partial charge on any atom is -0.371 e. The monoisotopic (exact) mass is 555 g/mol. The van der Waals surface area contributed by atoms with Crippen LogP contribution in [0.25, 0.3) is 33.7 Å². The summed E-state index contributed by atoms with van der Waals surface area (Å²) in [6, 6.07) is 18.8. The summed E-state index contributed by atoms with van der Waals surface area (Å²) in [4.78, 5) is 15.4. The molecule has 1 spiro atoms. The lowest BCUT2D eigenvalue weighted by Gasteiger charge is -2.58. The van der Waals surface area contributed by atoms with E-state index in [0.29, 0.717) is 10.3 Å². The molecule has 0 unspecified atom stereocenters. The van der Waals surface area contributed by atoms with Gasteiger partial charge in [-0.15, -0.1) is 0 Å². The number of hydrogen-bond donors (Lipinski definition) is 0. The van der Waals surface area contributed by atoms with E-state index in [0.717, 1.165) is 58.5 Å². The molecule has 2 aromatic heterocycles. The second kappa shape index (κ2) is 9.42. The number of pyridine rings is 1. The van der Waals surface area contributed by atoms with Crippen molar-refractivity contribution in [2.45, 2.75) is 50.0 Å². The summed E-state index contributed by atoms with van der Waals surface area (Å²) in [5.74, 6) is 0.789. The highest BCUT2D eigenvalue weighted by atomic mass is 32.2. The molecule has 2 aromatic carbocycles. The number of anilines is 1. The third-order valence-corrected chi connectivity index (χ3v) is 10.7. The molecule has 2 saturated heterocycles. The van der Waals surface area contributed by atoms with Gasteiger partial charge in [-0.05, 0) is 80.5 Å². The Morgan fingerprint density at radius 3 is 2.15 bits per heavy atom. The Balaban J connectivity index is 1.08. The summed E-state index contributed by atoms with van der Waals surface area (Å²) >= 11 is 0. The third-order valence-electron chi connectivity index (χ3n) is 9.60. The van der Waals surface area contributed by atoms with Crippen LogP contribution in [0.3, 0.4) is 0 Å². The van der Waals surface area contributed by atoms with Crippen LogP contribution in [0.5, 0.6) is 0 Å². The zero-order valence-corrected chi connectivity index (χ0v) is 24.4. The molecule has 8 heteroatoms. The average molecular weight is 556 g/mol. The quantitative estimate of drug-likeness (QED) is 0.325. The Morgan fingerprint density at radius 1 is 0.900 bits per heavy atom. The molecule has 3 fully saturated rings. The molecule has 0 N–H and O–H groups in total. The Labute approximate surface area is 236 Å². The molecule has 1 aliphatic carbocycles. The van der Waals surface area contributed by atoms with Crippen molar-refractivity contribution in [2.75, 3.05) is 37.3 Å². The van der Waals surface area contributed by atoms with Crippen LogP contribution in [0.2, 0.25) is 0 Å². The number of aromatic nitrogens is 3. The fraction of sp³-hybridized carbons (Fsp3) is 0.438. The van der Waals surface area contributed by atoms with E-state index in [-0.39, 0.29) is 0 Å². The van der Waals surface area contributed by atoms with Crippen LogP contribution in [0.15, 0.2) is 59.5 Å². The van der Waals surface area contributed by atoms with Gasteiger partial charge in [0.15, 0.2) is 9.84 Å². The Morgan fingerprint density at radius 2 is 1.55 bits per heavy atom. The average Bonchev–Trinajstić information content (AvgIpc) is 3.24. The smallest absolute Gasteiger partial charge is 0.175 e. The van der Waals surface area contributed by atoms with E-state index in [2.05, 4.69) is 44.7 Å². The maximum absolute atomic E-state index is 11.9. The second-order valence-electron chi connectivity index (χ2n) is 12.3. The number of likely N-dealkylation sites (tertiary alicyclic amines) is 1. The topological polar surface area (TPSA) is 71.3 Å². The van der Waals surface area contributed by atoms with E-state index < -0.39 is 9.84 Å². The largest absolute Gasteiger partial charge is 0.371 e. The summed E-state index contributed by atoms with van der Waals surface area (Å²) in [5.41, 5.74) is 7.51. The van der Waals surface area contributed by atoms with Gasteiger partial charge in [0, 0.05) is 62.3 Å². The molecule has 4 heterocycles. The lowest BCUT2D eigenvalue weighted by Crippen LogP contribution is -2.64. The SMILES string of the molecule is Cc1nc(-c2ccc(N3CCC4(CC3)CN(C3CCC3)C4)cc2)cc2c1nc(-c1ccc(S(C)(=O)=O)cc1)n2C. The lowest BCUT2D eigenvalue weighted by molar-refractivity contribution is -0.0664. The van der Waals surface area contributed by atoms with Crippen LogP contribution in [-0.4, -0.2) is 66.3 Å². The second-order valence-corrected chi connectivity index (χ2v) is 14.3. The van der Waals surface area contributed by atoms with Crippen molar-refractivity contribution in [3.05, 3.63) is 60.3 Å². The Hall–Kier alpha value is -3.23. The number of nitrogens with zero attached hydrogens (tertiary/aromatic N) is 5. The molecule has 0 atom stereocenters. The molecular weight excluding hydrogens is 518 g/mol. The van der Waals surface area contributed by atoms with E-state index in [9.17, 15) is 8.42 Å². The molecule has 40 heavy (non-hydrogen) atoms. The highest BCUT2D eigenvalue weighted by molar-refractivity contribution is 7.90. The molecule has 0 radical (unpaired) electrons. The van der Waals surface area contributed by atoms with Crippen molar-refractivity contribution in [3.8, 4) is 22.6 Å². The van der Waals surface area contributed by atoms with Crippen molar-refractivity contribution in [2.24, 2.45) is 12.5 Å². The van der Waals surface area contributed by atoms with Crippen LogP contribution in [0.4, 0.5) is 5.69 Å². The summed E-state index contributed by atoms with van der Waals surface area (Å²) in [5, 5.41) is 0. The molecule has 3 aliphatic rings. The van der Waals surface area contributed by atoms with Crippen molar-refractivity contribution in [3.63, 3.8) is 0 Å². The maximum Gasteiger partial charge on any atom is 0.175 e. The first-order valence-corrected chi connectivity index (χ1v) is 16.3. The van der Waals surface area contributed by atoms with Gasteiger partial charge in [0.2, 0.25) is 0 Å². The van der Waals surface area contributed by atoms with Crippen LogP contribution in [-0.2, 0) is 16.9 Å². The molecule has 2 aliphatic heterocycles. The molecule has 0 amide bonds. The first kappa shape index (κ1) is 25.7. The fourth-order valence-corrected chi connectivity index (χ4v) is 7.45. The summed E-state index contributed by atoms with van der Waals surface area (Å²) in [7, 11) is -1.24. The zero-order valence-electron chi connectivity index (χ0n) is 23.6. The molecule has 7 rings (SSSR count). The first-order chi connectivity index (χ1) is 19.2. The Bertz CT molecular complexity index is 1670. The van der Waals surface area contributed by atoms with E-state index in [1.807, 2.05) is 26.1 Å². The summed E-state index contributed by atoms with van der Waals surface area (Å²) in [6.07, 6.45) is 8.08. The van der Waals surface area contributed by atoms with Gasteiger partial charge >= 0.3 is 0 Å². The predicted molar refractivity (Wildman–Crippen MR) is 160 cm³/mol.